The van der Waals surface area contributed by atoms with Crippen LogP contribution in [0.25, 0.3) is 0 Å². The third-order valence-corrected chi connectivity index (χ3v) is 5.22. The third kappa shape index (κ3) is 2.68. The van der Waals surface area contributed by atoms with E-state index in [9.17, 15) is 9.90 Å². The number of hydrogen-bond donors (Lipinski definition) is 2. The summed E-state index contributed by atoms with van der Waals surface area (Å²) in [6.07, 6.45) is 2.72. The number of aliphatic carboxylic acids is 1. The third-order valence-electron chi connectivity index (χ3n) is 5.22. The molecule has 1 unspecified atom stereocenters. The smallest absolute Gasteiger partial charge is 0.325 e. The molecule has 1 aromatic carbocycles. The molecular formula is C19H24N2O3. The zero-order chi connectivity index (χ0) is 17.6. The Morgan fingerprint density at radius 3 is 2.75 bits per heavy atom. The number of carboxylic acid groups (broad SMARTS) is 1. The molecule has 1 aliphatic carbocycles. The van der Waals surface area contributed by atoms with Gasteiger partial charge in [0.15, 0.2) is 0 Å². The summed E-state index contributed by atoms with van der Waals surface area (Å²) in [6, 6.07) is 2.07. The Morgan fingerprint density at radius 1 is 1.38 bits per heavy atom. The monoisotopic (exact) mass is 328 g/mol. The van der Waals surface area contributed by atoms with Crippen molar-refractivity contribution in [2.24, 2.45) is 0 Å². The van der Waals surface area contributed by atoms with Gasteiger partial charge >= 0.3 is 5.97 Å². The van der Waals surface area contributed by atoms with Gasteiger partial charge in [0.25, 0.3) is 0 Å². The molecule has 0 radical (unpaired) electrons. The summed E-state index contributed by atoms with van der Waals surface area (Å²) < 4.78 is 1.56. The summed E-state index contributed by atoms with van der Waals surface area (Å²) in [6.45, 7) is 7.88. The molecule has 0 fully saturated rings. The predicted molar refractivity (Wildman–Crippen MR) is 91.7 cm³/mol. The Kier molecular flexibility index (Phi) is 4.11. The fourth-order valence-corrected chi connectivity index (χ4v) is 3.95. The predicted octanol–water partition coefficient (Wildman–Crippen LogP) is 3.24. The van der Waals surface area contributed by atoms with Crippen LogP contribution in [-0.4, -0.2) is 26.0 Å². The molecule has 0 saturated heterocycles. The molecule has 1 aliphatic rings. The van der Waals surface area contributed by atoms with Gasteiger partial charge in [0.1, 0.15) is 12.3 Å². The van der Waals surface area contributed by atoms with Crippen molar-refractivity contribution in [1.29, 1.82) is 0 Å². The van der Waals surface area contributed by atoms with Crippen LogP contribution in [0.1, 0.15) is 58.5 Å². The molecule has 5 nitrogen and oxygen atoms in total. The molecule has 1 aromatic heterocycles. The average Bonchev–Trinajstić information content (AvgIpc) is 3.00. The highest BCUT2D eigenvalue weighted by molar-refractivity contribution is 5.66. The van der Waals surface area contributed by atoms with E-state index in [1.54, 1.807) is 4.68 Å². The summed E-state index contributed by atoms with van der Waals surface area (Å²) in [5, 5.41) is 23.8. The Balaban J connectivity index is 2.04. The second kappa shape index (κ2) is 5.96. The van der Waals surface area contributed by atoms with E-state index in [-0.39, 0.29) is 6.54 Å². The van der Waals surface area contributed by atoms with Gasteiger partial charge in [-0.1, -0.05) is 13.0 Å². The van der Waals surface area contributed by atoms with Gasteiger partial charge in [0.2, 0.25) is 0 Å². The van der Waals surface area contributed by atoms with Crippen molar-refractivity contribution < 1.29 is 15.0 Å². The molecule has 0 spiro atoms. The van der Waals surface area contributed by atoms with E-state index in [1.807, 2.05) is 20.8 Å². The second-order valence-electron chi connectivity index (χ2n) is 6.91. The topological polar surface area (TPSA) is 75.4 Å². The second-order valence-corrected chi connectivity index (χ2v) is 6.91. The summed E-state index contributed by atoms with van der Waals surface area (Å²) in [7, 11) is 0. The van der Waals surface area contributed by atoms with E-state index in [0.717, 1.165) is 47.3 Å². The lowest BCUT2D eigenvalue weighted by atomic mass is 9.90. The van der Waals surface area contributed by atoms with Gasteiger partial charge < -0.3 is 10.2 Å². The van der Waals surface area contributed by atoms with Crippen LogP contribution in [0, 0.1) is 20.8 Å². The number of carbonyl (C=O) groups is 1. The van der Waals surface area contributed by atoms with Crippen molar-refractivity contribution in [3.05, 3.63) is 45.3 Å². The van der Waals surface area contributed by atoms with E-state index in [1.165, 1.54) is 11.1 Å². The van der Waals surface area contributed by atoms with Crippen molar-refractivity contribution in [2.75, 3.05) is 0 Å². The van der Waals surface area contributed by atoms with E-state index in [0.29, 0.717) is 11.7 Å². The first-order valence-electron chi connectivity index (χ1n) is 8.38. The Bertz CT molecular complexity index is 821. The van der Waals surface area contributed by atoms with Gasteiger partial charge in [-0.05, 0) is 61.8 Å². The number of aromatic nitrogens is 2. The van der Waals surface area contributed by atoms with Gasteiger partial charge in [0, 0.05) is 17.7 Å². The molecule has 1 heterocycles. The van der Waals surface area contributed by atoms with Crippen LogP contribution in [0.2, 0.25) is 0 Å². The van der Waals surface area contributed by atoms with Gasteiger partial charge in [-0.2, -0.15) is 5.10 Å². The summed E-state index contributed by atoms with van der Waals surface area (Å²) in [5.74, 6) is -0.00793. The number of fused-ring (bicyclic) bond motifs is 1. The molecule has 0 saturated carbocycles. The van der Waals surface area contributed by atoms with Gasteiger partial charge in [-0.3, -0.25) is 9.48 Å². The van der Waals surface area contributed by atoms with Gasteiger partial charge in [0.05, 0.1) is 5.69 Å². The van der Waals surface area contributed by atoms with Crippen molar-refractivity contribution >= 4 is 5.97 Å². The molecule has 0 amide bonds. The Hall–Kier alpha value is -2.30. The molecule has 24 heavy (non-hydrogen) atoms. The normalized spacial score (nSPS) is 16.4. The van der Waals surface area contributed by atoms with Gasteiger partial charge in [-0.15, -0.1) is 0 Å². The zero-order valence-corrected chi connectivity index (χ0v) is 14.7. The molecular weight excluding hydrogens is 304 g/mol. The number of aromatic hydroxyl groups is 1. The molecule has 2 N–H and O–H groups in total. The number of aryl methyl sites for hydroxylation is 2. The lowest BCUT2D eigenvalue weighted by molar-refractivity contribution is -0.137. The number of hydrogen-bond acceptors (Lipinski definition) is 3. The lowest BCUT2D eigenvalue weighted by Crippen LogP contribution is -2.11. The molecule has 5 heteroatoms. The van der Waals surface area contributed by atoms with Crippen molar-refractivity contribution in [1.82, 2.24) is 9.78 Å². The van der Waals surface area contributed by atoms with Crippen LogP contribution in [0.4, 0.5) is 0 Å². The minimum absolute atomic E-state index is 0.115. The number of phenols is 1. The summed E-state index contributed by atoms with van der Waals surface area (Å²) >= 11 is 0. The van der Waals surface area contributed by atoms with Crippen LogP contribution in [-0.2, 0) is 24.2 Å². The number of benzene rings is 1. The van der Waals surface area contributed by atoms with Crippen LogP contribution in [0.15, 0.2) is 6.07 Å². The van der Waals surface area contributed by atoms with Crippen LogP contribution in [0.3, 0.4) is 0 Å². The number of rotatable bonds is 4. The first-order valence-corrected chi connectivity index (χ1v) is 8.38. The van der Waals surface area contributed by atoms with E-state index in [2.05, 4.69) is 18.1 Å². The van der Waals surface area contributed by atoms with Crippen LogP contribution < -0.4 is 0 Å². The van der Waals surface area contributed by atoms with Crippen LogP contribution in [0.5, 0.6) is 5.75 Å². The largest absolute Gasteiger partial charge is 0.507 e. The zero-order valence-electron chi connectivity index (χ0n) is 14.7. The number of nitrogens with zero attached hydrogens (tertiary/aromatic N) is 2. The Morgan fingerprint density at radius 2 is 2.08 bits per heavy atom. The number of carboxylic acids is 1. The van der Waals surface area contributed by atoms with E-state index < -0.39 is 5.97 Å². The molecule has 2 aromatic rings. The maximum Gasteiger partial charge on any atom is 0.325 e. The highest BCUT2D eigenvalue weighted by Crippen LogP contribution is 2.42. The number of phenolic OH excluding ortho intramolecular Hbond substituents is 1. The molecule has 0 bridgehead atoms. The fraction of sp³-hybridized carbons (Fsp3) is 0.474. The van der Waals surface area contributed by atoms with E-state index in [4.69, 9.17) is 5.11 Å². The quantitative estimate of drug-likeness (QED) is 0.903. The molecule has 1 atom stereocenters. The lowest BCUT2D eigenvalue weighted by Gasteiger charge is -2.16. The first-order chi connectivity index (χ1) is 11.3. The van der Waals surface area contributed by atoms with Crippen molar-refractivity contribution in [3.8, 4) is 5.75 Å². The summed E-state index contributed by atoms with van der Waals surface area (Å²) in [4.78, 5) is 11.0. The average molecular weight is 328 g/mol. The van der Waals surface area contributed by atoms with Crippen molar-refractivity contribution in [2.45, 2.75) is 59.4 Å². The van der Waals surface area contributed by atoms with Crippen molar-refractivity contribution in [3.63, 3.8) is 0 Å². The maximum atomic E-state index is 11.0. The maximum absolute atomic E-state index is 11.0. The molecule has 3 rings (SSSR count). The minimum atomic E-state index is -0.887. The van der Waals surface area contributed by atoms with E-state index >= 15 is 0 Å². The highest BCUT2D eigenvalue weighted by Gasteiger charge is 2.27. The molecule has 128 valence electrons. The van der Waals surface area contributed by atoms with Crippen LogP contribution >= 0.6 is 0 Å². The minimum Gasteiger partial charge on any atom is -0.507 e. The SMILES string of the molecule is Cc1cc(Cc2c(C)nn(CC(=O)O)c2C)c2c(c1O)CCC2C. The standard InChI is InChI=1S/C19H24N2O3/c1-10-5-6-15-18(10)14(7-11(2)19(15)24)8-16-12(3)20-21(13(16)4)9-17(22)23/h7,10,24H,5-6,8-9H2,1-4H3,(H,22,23). The van der Waals surface area contributed by atoms with Gasteiger partial charge in [-0.25, -0.2) is 0 Å². The summed E-state index contributed by atoms with van der Waals surface area (Å²) in [5.41, 5.74) is 7.35. The molecule has 0 aliphatic heterocycles. The first kappa shape index (κ1) is 16.6. The fourth-order valence-electron chi connectivity index (χ4n) is 3.95. The highest BCUT2D eigenvalue weighted by atomic mass is 16.4. The Labute approximate surface area is 141 Å².